The molecule has 0 amide bonds. The Labute approximate surface area is 102 Å². The van der Waals surface area contributed by atoms with E-state index in [1.165, 1.54) is 4.90 Å². The predicted octanol–water partition coefficient (Wildman–Crippen LogP) is 2.99. The Morgan fingerprint density at radius 2 is 1.81 bits per heavy atom. The third-order valence-corrected chi connectivity index (χ3v) is 3.36. The van der Waals surface area contributed by atoms with Gasteiger partial charge >= 0.3 is 0 Å². The van der Waals surface area contributed by atoms with Crippen molar-refractivity contribution in [3.63, 3.8) is 0 Å². The summed E-state index contributed by atoms with van der Waals surface area (Å²) in [6, 6.07) is 7.91. The van der Waals surface area contributed by atoms with Gasteiger partial charge in [0.15, 0.2) is 0 Å². The number of thioether (sulfide) groups is 1. The van der Waals surface area contributed by atoms with Gasteiger partial charge in [0, 0.05) is 10.6 Å². The first-order valence-corrected chi connectivity index (χ1v) is 6.50. The van der Waals surface area contributed by atoms with E-state index >= 15 is 0 Å². The third-order valence-electron chi connectivity index (χ3n) is 2.35. The lowest BCUT2D eigenvalue weighted by molar-refractivity contribution is 0.0778. The molecular formula is C13H20O2S. The zero-order chi connectivity index (χ0) is 12.2. The van der Waals surface area contributed by atoms with Gasteiger partial charge in [-0.15, -0.1) is 11.8 Å². The molecule has 3 heteroatoms. The molecule has 0 spiro atoms. The first-order chi connectivity index (χ1) is 7.38. The average Bonchev–Trinajstić information content (AvgIpc) is 2.16. The van der Waals surface area contributed by atoms with Crippen LogP contribution in [0.2, 0.25) is 0 Å². The molecule has 0 radical (unpaired) electrons. The summed E-state index contributed by atoms with van der Waals surface area (Å²) in [5, 5.41) is 18.9. The van der Waals surface area contributed by atoms with Gasteiger partial charge in [-0.3, -0.25) is 0 Å². The first-order valence-electron chi connectivity index (χ1n) is 5.52. The number of aliphatic hydroxyl groups excluding tert-OH is 1. The summed E-state index contributed by atoms with van der Waals surface area (Å²) in [7, 11) is 0. The average molecular weight is 240 g/mol. The number of benzene rings is 1. The van der Waals surface area contributed by atoms with Crippen LogP contribution in [0.1, 0.15) is 38.9 Å². The SMILES string of the molecule is CC(O)c1ccc(SCCC(C)(C)O)cc1. The summed E-state index contributed by atoms with van der Waals surface area (Å²) < 4.78 is 0. The van der Waals surface area contributed by atoms with E-state index in [0.717, 1.165) is 17.7 Å². The van der Waals surface area contributed by atoms with Crippen LogP contribution in [0.5, 0.6) is 0 Å². The number of hydrogen-bond acceptors (Lipinski definition) is 3. The van der Waals surface area contributed by atoms with Crippen molar-refractivity contribution in [2.24, 2.45) is 0 Å². The van der Waals surface area contributed by atoms with Crippen LogP contribution in [0.15, 0.2) is 29.2 Å². The summed E-state index contributed by atoms with van der Waals surface area (Å²) >= 11 is 1.73. The van der Waals surface area contributed by atoms with Gasteiger partial charge in [-0.2, -0.15) is 0 Å². The Morgan fingerprint density at radius 3 is 2.25 bits per heavy atom. The molecule has 0 heterocycles. The zero-order valence-corrected chi connectivity index (χ0v) is 10.9. The van der Waals surface area contributed by atoms with Crippen molar-refractivity contribution in [2.45, 2.75) is 43.8 Å². The van der Waals surface area contributed by atoms with E-state index in [0.29, 0.717) is 0 Å². The Balaban J connectivity index is 2.44. The molecule has 0 aliphatic carbocycles. The largest absolute Gasteiger partial charge is 0.390 e. The van der Waals surface area contributed by atoms with Gasteiger partial charge in [0.05, 0.1) is 11.7 Å². The van der Waals surface area contributed by atoms with E-state index < -0.39 is 11.7 Å². The maximum atomic E-state index is 9.57. The monoisotopic (exact) mass is 240 g/mol. The first kappa shape index (κ1) is 13.6. The smallest absolute Gasteiger partial charge is 0.0761 e. The van der Waals surface area contributed by atoms with Crippen molar-refractivity contribution in [1.82, 2.24) is 0 Å². The quantitative estimate of drug-likeness (QED) is 0.777. The molecule has 0 aliphatic rings. The molecule has 0 aliphatic heterocycles. The highest BCUT2D eigenvalue weighted by atomic mass is 32.2. The van der Waals surface area contributed by atoms with E-state index in [9.17, 15) is 10.2 Å². The number of aliphatic hydroxyl groups is 2. The molecule has 1 unspecified atom stereocenters. The van der Waals surface area contributed by atoms with Crippen molar-refractivity contribution in [3.05, 3.63) is 29.8 Å². The maximum absolute atomic E-state index is 9.57. The molecule has 1 aromatic rings. The number of rotatable bonds is 5. The minimum Gasteiger partial charge on any atom is -0.390 e. The van der Waals surface area contributed by atoms with E-state index in [2.05, 4.69) is 0 Å². The van der Waals surface area contributed by atoms with Gasteiger partial charge in [0.2, 0.25) is 0 Å². The summed E-state index contributed by atoms with van der Waals surface area (Å²) in [4.78, 5) is 1.17. The Hall–Kier alpha value is -0.510. The molecule has 16 heavy (non-hydrogen) atoms. The molecule has 0 saturated heterocycles. The van der Waals surface area contributed by atoms with E-state index in [4.69, 9.17) is 0 Å². The summed E-state index contributed by atoms with van der Waals surface area (Å²) in [6.45, 7) is 5.41. The molecule has 2 nitrogen and oxygen atoms in total. The molecule has 0 aromatic heterocycles. The van der Waals surface area contributed by atoms with Crippen molar-refractivity contribution in [3.8, 4) is 0 Å². The van der Waals surface area contributed by atoms with Gasteiger partial charge in [-0.05, 0) is 44.9 Å². The Bertz CT molecular complexity index is 312. The second kappa shape index (κ2) is 5.71. The highest BCUT2D eigenvalue weighted by Gasteiger charge is 2.11. The second-order valence-corrected chi connectivity index (χ2v) is 5.82. The molecule has 0 fully saturated rings. The predicted molar refractivity (Wildman–Crippen MR) is 68.7 cm³/mol. The van der Waals surface area contributed by atoms with Crippen LogP contribution in [-0.4, -0.2) is 21.6 Å². The fourth-order valence-corrected chi connectivity index (χ4v) is 2.43. The maximum Gasteiger partial charge on any atom is 0.0761 e. The highest BCUT2D eigenvalue weighted by Crippen LogP contribution is 2.23. The van der Waals surface area contributed by atoms with Crippen LogP contribution >= 0.6 is 11.8 Å². The minimum atomic E-state index is -0.591. The van der Waals surface area contributed by atoms with Crippen LogP contribution in [0.4, 0.5) is 0 Å². The van der Waals surface area contributed by atoms with Gasteiger partial charge in [0.1, 0.15) is 0 Å². The van der Waals surface area contributed by atoms with Gasteiger partial charge in [0.25, 0.3) is 0 Å². The van der Waals surface area contributed by atoms with Crippen molar-refractivity contribution in [1.29, 1.82) is 0 Å². The molecule has 1 rings (SSSR count). The highest BCUT2D eigenvalue weighted by molar-refractivity contribution is 7.99. The molecule has 90 valence electrons. The van der Waals surface area contributed by atoms with Crippen molar-refractivity contribution < 1.29 is 10.2 Å². The Kier molecular flexibility index (Phi) is 4.84. The fraction of sp³-hybridized carbons (Fsp3) is 0.538. The zero-order valence-electron chi connectivity index (χ0n) is 10.1. The van der Waals surface area contributed by atoms with Crippen molar-refractivity contribution >= 4 is 11.8 Å². The lowest BCUT2D eigenvalue weighted by Crippen LogP contribution is -2.18. The minimum absolute atomic E-state index is 0.407. The summed E-state index contributed by atoms with van der Waals surface area (Å²) in [6.07, 6.45) is 0.367. The van der Waals surface area contributed by atoms with Crippen LogP contribution in [0.25, 0.3) is 0 Å². The molecule has 0 bridgehead atoms. The van der Waals surface area contributed by atoms with Gasteiger partial charge in [-0.1, -0.05) is 12.1 Å². The molecule has 0 saturated carbocycles. The molecular weight excluding hydrogens is 220 g/mol. The van der Waals surface area contributed by atoms with E-state index in [1.54, 1.807) is 18.7 Å². The number of hydrogen-bond donors (Lipinski definition) is 2. The van der Waals surface area contributed by atoms with Crippen LogP contribution in [-0.2, 0) is 0 Å². The molecule has 1 atom stereocenters. The van der Waals surface area contributed by atoms with E-state index in [-0.39, 0.29) is 0 Å². The van der Waals surface area contributed by atoms with Gasteiger partial charge in [-0.25, -0.2) is 0 Å². The standard InChI is InChI=1S/C13H20O2S/c1-10(14)11-4-6-12(7-5-11)16-9-8-13(2,3)15/h4-7,10,14-15H,8-9H2,1-3H3. The lowest BCUT2D eigenvalue weighted by atomic mass is 10.1. The normalized spacial score (nSPS) is 13.8. The van der Waals surface area contributed by atoms with Gasteiger partial charge < -0.3 is 10.2 Å². The summed E-state index contributed by atoms with van der Waals surface area (Å²) in [5.74, 6) is 0.900. The summed E-state index contributed by atoms with van der Waals surface area (Å²) in [5.41, 5.74) is 0.346. The van der Waals surface area contributed by atoms with Crippen LogP contribution in [0.3, 0.4) is 0 Å². The van der Waals surface area contributed by atoms with Crippen molar-refractivity contribution in [2.75, 3.05) is 5.75 Å². The van der Waals surface area contributed by atoms with E-state index in [1.807, 2.05) is 38.1 Å². The molecule has 1 aromatic carbocycles. The molecule has 2 N–H and O–H groups in total. The topological polar surface area (TPSA) is 40.5 Å². The lowest BCUT2D eigenvalue weighted by Gasteiger charge is -2.16. The third kappa shape index (κ3) is 5.01. The second-order valence-electron chi connectivity index (χ2n) is 4.66. The van der Waals surface area contributed by atoms with Crippen LogP contribution in [0, 0.1) is 0 Å². The van der Waals surface area contributed by atoms with Crippen LogP contribution < -0.4 is 0 Å². The fourth-order valence-electron chi connectivity index (χ4n) is 1.26. The Morgan fingerprint density at radius 1 is 1.25 bits per heavy atom.